The Labute approximate surface area is 721 Å². The van der Waals surface area contributed by atoms with Gasteiger partial charge in [-0.1, -0.05) is 78.0 Å². The van der Waals surface area contributed by atoms with Crippen LogP contribution in [0.3, 0.4) is 0 Å². The van der Waals surface area contributed by atoms with Gasteiger partial charge in [-0.15, -0.1) is 0 Å². The number of hydrogen-bond acceptors (Lipinski definition) is 25. The molecule has 4 aliphatic carbocycles. The molecular formula is C86H98BrF4N5O23S4. The molecule has 123 heavy (non-hydrogen) atoms. The Morgan fingerprint density at radius 3 is 1.07 bits per heavy atom. The van der Waals surface area contributed by atoms with Gasteiger partial charge in [0.05, 0.1) is 36.1 Å². The highest BCUT2D eigenvalue weighted by Crippen LogP contribution is 2.38. The van der Waals surface area contributed by atoms with Crippen LogP contribution in [0.25, 0.3) is 0 Å². The van der Waals surface area contributed by atoms with Gasteiger partial charge in [-0.25, -0.2) is 66.3 Å². The third-order valence-electron chi connectivity index (χ3n) is 21.5. The van der Waals surface area contributed by atoms with Gasteiger partial charge in [-0.2, -0.15) is 0 Å². The number of amides is 1. The number of sulfone groups is 4. The molecule has 664 valence electrons. The molecule has 0 bridgehead atoms. The molecule has 9 atom stereocenters. The molecule has 28 nitrogen and oxygen atoms in total. The molecule has 5 fully saturated rings. The molecule has 9 aliphatic rings. The van der Waals surface area contributed by atoms with Crippen molar-refractivity contribution in [2.45, 2.75) is 213 Å². The van der Waals surface area contributed by atoms with Crippen LogP contribution < -0.4 is 5.48 Å². The number of nitrogens with zero attached hydrogens (tertiary/aromatic N) is 4. The number of ether oxygens (including phenoxy) is 3. The number of carbonyl (C=O) groups excluding carboxylic acids is 3. The Balaban J connectivity index is 0.000000181. The number of rotatable bonds is 24. The molecule has 4 aromatic carbocycles. The average molecular weight is 1850 g/mol. The summed E-state index contributed by atoms with van der Waals surface area (Å²) < 4.78 is 164. The summed E-state index contributed by atoms with van der Waals surface area (Å²) in [5, 5.41) is 33.0. The largest absolute Gasteiger partial charge is 0.480 e. The number of hydrogen-bond donors (Lipinski definition) is 3. The molecule has 4 aromatic rings. The molecule has 3 N–H and O–H groups in total. The first-order valence-corrected chi connectivity index (χ1v) is 48.1. The molecule has 1 amide bonds. The lowest BCUT2D eigenvalue weighted by molar-refractivity contribution is -0.201. The summed E-state index contributed by atoms with van der Waals surface area (Å²) in [7, 11) is -15.3. The molecule has 0 radical (unpaired) electrons. The summed E-state index contributed by atoms with van der Waals surface area (Å²) in [6.07, 6.45) is 11.5. The van der Waals surface area contributed by atoms with Gasteiger partial charge in [0.1, 0.15) is 47.7 Å². The van der Waals surface area contributed by atoms with Crippen molar-refractivity contribution in [1.82, 2.24) is 5.48 Å². The van der Waals surface area contributed by atoms with Crippen molar-refractivity contribution in [3.05, 3.63) is 139 Å². The van der Waals surface area contributed by atoms with Crippen LogP contribution >= 0.6 is 15.9 Å². The fraction of sp³-hybridized carbons (Fsp3) is 0.523. The molecule has 1 saturated heterocycles. The number of esters is 2. The lowest BCUT2D eigenvalue weighted by atomic mass is 9.96. The van der Waals surface area contributed by atoms with Crippen molar-refractivity contribution in [2.24, 2.45) is 44.3 Å². The summed E-state index contributed by atoms with van der Waals surface area (Å²) >= 11 is 3.18. The zero-order valence-corrected chi connectivity index (χ0v) is 74.3. The fourth-order valence-corrected chi connectivity index (χ4v) is 16.2. The standard InChI is InChI=1S/C24H29FN2O6S.C21H24FNO5S.C19H20FNO5S.C16H19BrFNO5S.C6H6O2/c1-24(34(2,29)30,23(28)27-33-22-5-3-4-12-31-22)15-18-14-21(26-32-18)19-11-10-17(13-20(19)25)9-8-16-6-7-16;1-4-27-20(24)21(2,29(3,25)26)13-16-12-19(23-28-16)17-10-9-15(11-18(17)22)8-7-14-5-6-14;1-19(18(22)23,27(2,24)25)11-14-10-17(21-26-14)15-8-7-13(9-16(15)20)6-5-12-3-4-12;1-4-23-15(20)16(2,25(3,21)22)9-11-8-14(19-24-11)12-6-5-10(17)7-13(12)18;7-6(8)4-3-5-1-2-5/h10-11,13,16,18,22H,3-7,12,14-15H2,1-2H3,(H,27,28);9-11,14,16H,4-6,12-13H2,1-3H3;7-9,12,14H,3-4,10-11H2,1-2H3,(H,22,23);5-7,11H,4,8-9H2,1-3H3;5H,1-2H2,(H,7,8). The van der Waals surface area contributed by atoms with Crippen LogP contribution in [0.2, 0.25) is 0 Å². The Morgan fingerprint density at radius 2 is 0.780 bits per heavy atom. The SMILES string of the molecule is CC(CC1CC(c2ccc(C#CC3CC3)cc2F)=NO1)(C(=O)NOC1CCCCO1)S(C)(=O)=O.CC(CC1CC(c2ccc(C#CC3CC3)cc2F)=NO1)(C(=O)O)S(C)(=O)=O.CCOC(=O)C(C)(CC1CC(c2ccc(Br)cc2F)=NO1)S(C)(=O)=O.CCOC(=O)C(C)(CC1CC(c2ccc(C#CC3CC3)cc2F)=NO1)S(C)(=O)=O.O=C(O)C#CC1CC1. The van der Waals surface area contributed by atoms with Crippen molar-refractivity contribution in [1.29, 1.82) is 0 Å². The number of aliphatic carboxylic acids is 2. The van der Waals surface area contributed by atoms with Crippen LogP contribution in [0.1, 0.15) is 202 Å². The van der Waals surface area contributed by atoms with E-state index in [1.165, 1.54) is 45.0 Å². The quantitative estimate of drug-likeness (QED) is 0.0254. The summed E-state index contributed by atoms with van der Waals surface area (Å²) in [4.78, 5) is 85.1. The van der Waals surface area contributed by atoms with E-state index in [1.807, 2.05) is 0 Å². The summed E-state index contributed by atoms with van der Waals surface area (Å²) in [5.41, 5.74) is 6.50. The number of halogens is 5. The van der Waals surface area contributed by atoms with Gasteiger partial charge in [0.2, 0.25) is 0 Å². The van der Waals surface area contributed by atoms with E-state index in [2.05, 4.69) is 89.4 Å². The summed E-state index contributed by atoms with van der Waals surface area (Å²) in [6, 6.07) is 18.5. The second kappa shape index (κ2) is 41.4. The second-order valence-electron chi connectivity index (χ2n) is 32.0. The van der Waals surface area contributed by atoms with Crippen LogP contribution in [0.15, 0.2) is 97.9 Å². The van der Waals surface area contributed by atoms with E-state index >= 15 is 0 Å². The number of carbonyl (C=O) groups is 5. The first-order chi connectivity index (χ1) is 57.8. The minimum absolute atomic E-state index is 0.0679. The third kappa shape index (κ3) is 26.9. The molecule has 37 heteroatoms. The maximum Gasteiger partial charge on any atom is 0.381 e. The van der Waals surface area contributed by atoms with E-state index < -0.39 is 142 Å². The van der Waals surface area contributed by atoms with Gasteiger partial charge in [0.25, 0.3) is 5.91 Å². The van der Waals surface area contributed by atoms with E-state index in [9.17, 15) is 80.3 Å². The normalized spacial score (nSPS) is 21.4. The van der Waals surface area contributed by atoms with Crippen LogP contribution in [0.5, 0.6) is 0 Å². The highest BCUT2D eigenvalue weighted by atomic mass is 79.9. The Hall–Kier alpha value is -9.73. The average Bonchev–Trinajstić information content (AvgIpc) is 1.76. The van der Waals surface area contributed by atoms with Crippen molar-refractivity contribution in [3.8, 4) is 47.4 Å². The molecular weight excluding hydrogens is 1760 g/mol. The second-order valence-corrected chi connectivity index (χ2v) is 42.7. The van der Waals surface area contributed by atoms with Gasteiger partial charge in [-0.05, 0) is 179 Å². The molecule has 0 aromatic heterocycles. The van der Waals surface area contributed by atoms with Crippen LogP contribution in [-0.4, -0.2) is 191 Å². The lowest BCUT2D eigenvalue weighted by Crippen LogP contribution is -2.52. The molecule has 0 spiro atoms. The molecule has 4 saturated carbocycles. The third-order valence-corrected chi connectivity index (χ3v) is 29.9. The minimum Gasteiger partial charge on any atom is -0.480 e. The van der Waals surface area contributed by atoms with Crippen molar-refractivity contribution in [2.75, 3.05) is 44.8 Å². The first-order valence-electron chi connectivity index (χ1n) is 39.8. The Bertz CT molecular complexity index is 5570. The zero-order chi connectivity index (χ0) is 90.2. The van der Waals surface area contributed by atoms with Gasteiger partial charge < -0.3 is 43.8 Å². The fourth-order valence-electron chi connectivity index (χ4n) is 12.5. The van der Waals surface area contributed by atoms with E-state index in [0.717, 1.165) is 96.2 Å². The number of benzene rings is 4. The van der Waals surface area contributed by atoms with Crippen molar-refractivity contribution >= 4 is 108 Å². The Morgan fingerprint density at radius 1 is 0.463 bits per heavy atom. The van der Waals surface area contributed by atoms with Crippen LogP contribution in [0, 0.1) is 94.3 Å². The highest BCUT2D eigenvalue weighted by Gasteiger charge is 2.52. The topological polar surface area (TPSA) is 398 Å². The molecule has 5 heterocycles. The smallest absolute Gasteiger partial charge is 0.381 e. The van der Waals surface area contributed by atoms with Crippen LogP contribution in [0.4, 0.5) is 17.6 Å². The molecule has 13 rings (SSSR count). The van der Waals surface area contributed by atoms with Gasteiger partial charge in [-0.3, -0.25) is 19.2 Å². The molecule has 9 unspecified atom stereocenters. The highest BCUT2D eigenvalue weighted by molar-refractivity contribution is 9.10. The number of oxime groups is 4. The van der Waals surface area contributed by atoms with Crippen molar-refractivity contribution < 1.29 is 124 Å². The van der Waals surface area contributed by atoms with Gasteiger partial charge in [0, 0.05) is 162 Å². The van der Waals surface area contributed by atoms with E-state index in [0.29, 0.717) is 80.7 Å². The van der Waals surface area contributed by atoms with Crippen LogP contribution in [-0.2, 0) is 102 Å². The van der Waals surface area contributed by atoms with E-state index in [-0.39, 0.29) is 86.8 Å². The maximum atomic E-state index is 14.7. The minimum atomic E-state index is -3.88. The molecule has 5 aliphatic heterocycles. The maximum absolute atomic E-state index is 14.7. The Kier molecular flexibility index (Phi) is 32.7. The summed E-state index contributed by atoms with van der Waals surface area (Å²) in [6.45, 7) is 8.94. The van der Waals surface area contributed by atoms with E-state index in [4.69, 9.17) is 43.5 Å². The number of carboxylic acid groups (broad SMARTS) is 2. The number of nitrogens with one attached hydrogen (secondary N) is 1. The number of hydroxylamine groups is 1. The monoisotopic (exact) mass is 1850 g/mol. The lowest BCUT2D eigenvalue weighted by Gasteiger charge is -2.29. The predicted molar refractivity (Wildman–Crippen MR) is 450 cm³/mol. The van der Waals surface area contributed by atoms with Crippen molar-refractivity contribution in [3.63, 3.8) is 0 Å². The number of carboxylic acids is 2. The zero-order valence-electron chi connectivity index (χ0n) is 69.5. The van der Waals surface area contributed by atoms with E-state index in [1.54, 1.807) is 62.4 Å². The van der Waals surface area contributed by atoms with Gasteiger partial charge >= 0.3 is 23.9 Å². The summed E-state index contributed by atoms with van der Waals surface area (Å²) in [5.74, 6) is 17.6. The predicted octanol–water partition coefficient (Wildman–Crippen LogP) is 11.4. The first kappa shape index (κ1) is 97.1. The van der Waals surface area contributed by atoms with Gasteiger partial charge in [0.15, 0.2) is 64.6 Å².